The summed E-state index contributed by atoms with van der Waals surface area (Å²) in [6, 6.07) is 7.54. The molecule has 0 atom stereocenters. The Bertz CT molecular complexity index is 841. The van der Waals surface area contributed by atoms with E-state index in [9.17, 15) is 4.79 Å². The molecule has 0 radical (unpaired) electrons. The van der Waals surface area contributed by atoms with Crippen molar-refractivity contribution in [2.75, 3.05) is 6.54 Å². The topological polar surface area (TPSA) is 83.6 Å². The average Bonchev–Trinajstić information content (AvgIpc) is 3.15. The van der Waals surface area contributed by atoms with Crippen molar-refractivity contribution in [1.82, 2.24) is 25.5 Å². The summed E-state index contributed by atoms with van der Waals surface area (Å²) >= 11 is 0. The summed E-state index contributed by atoms with van der Waals surface area (Å²) in [7, 11) is 0. The number of aromatic amines is 1. The van der Waals surface area contributed by atoms with Crippen LogP contribution in [0, 0.1) is 6.92 Å². The SMILES string of the molecule is CCc1cnc(C)nc1-c1ccc(C(=O)NCCc2cn[nH]c2)cc1. The smallest absolute Gasteiger partial charge is 0.251 e. The molecule has 0 unspecified atom stereocenters. The molecular formula is C19H21N5O. The summed E-state index contributed by atoms with van der Waals surface area (Å²) in [6.07, 6.45) is 7.08. The molecule has 2 N–H and O–H groups in total. The molecule has 3 rings (SSSR count). The number of H-pyrrole nitrogens is 1. The first-order valence-corrected chi connectivity index (χ1v) is 8.36. The van der Waals surface area contributed by atoms with Gasteiger partial charge in [0.25, 0.3) is 5.91 Å². The van der Waals surface area contributed by atoms with Crippen molar-refractivity contribution in [2.24, 2.45) is 0 Å². The fourth-order valence-electron chi connectivity index (χ4n) is 2.62. The van der Waals surface area contributed by atoms with Gasteiger partial charge < -0.3 is 5.32 Å². The zero-order valence-electron chi connectivity index (χ0n) is 14.4. The standard InChI is InChI=1S/C19H21N5O/c1-3-15-12-21-13(2)24-18(15)16-4-6-17(7-5-16)19(25)20-9-8-14-10-22-23-11-14/h4-7,10-12H,3,8-9H2,1-2H3,(H,20,25)(H,22,23). The Labute approximate surface area is 146 Å². The van der Waals surface area contributed by atoms with Gasteiger partial charge in [0.05, 0.1) is 11.9 Å². The van der Waals surface area contributed by atoms with Crippen molar-refractivity contribution in [3.8, 4) is 11.3 Å². The minimum absolute atomic E-state index is 0.0790. The second-order valence-electron chi connectivity index (χ2n) is 5.83. The number of nitrogens with zero attached hydrogens (tertiary/aromatic N) is 3. The molecule has 0 fully saturated rings. The van der Waals surface area contributed by atoms with Gasteiger partial charge in [0.15, 0.2) is 0 Å². The molecule has 0 bridgehead atoms. The molecule has 2 heterocycles. The molecule has 3 aromatic rings. The third-order valence-electron chi connectivity index (χ3n) is 4.04. The Morgan fingerprint density at radius 1 is 1.20 bits per heavy atom. The zero-order valence-corrected chi connectivity index (χ0v) is 14.4. The van der Waals surface area contributed by atoms with E-state index in [0.29, 0.717) is 12.1 Å². The molecule has 2 aromatic heterocycles. The maximum atomic E-state index is 12.2. The molecule has 0 saturated carbocycles. The van der Waals surface area contributed by atoms with Crippen molar-refractivity contribution in [1.29, 1.82) is 0 Å². The van der Waals surface area contributed by atoms with E-state index in [4.69, 9.17) is 0 Å². The quantitative estimate of drug-likeness (QED) is 0.725. The van der Waals surface area contributed by atoms with Crippen LogP contribution in [0.4, 0.5) is 0 Å². The average molecular weight is 335 g/mol. The molecule has 0 aliphatic rings. The molecule has 0 saturated heterocycles. The number of carbonyl (C=O) groups is 1. The monoisotopic (exact) mass is 335 g/mol. The fraction of sp³-hybridized carbons (Fsp3) is 0.263. The third kappa shape index (κ3) is 4.09. The number of aromatic nitrogens is 4. The molecule has 1 aromatic carbocycles. The van der Waals surface area contributed by atoms with Crippen LogP contribution < -0.4 is 5.32 Å². The lowest BCUT2D eigenvalue weighted by Gasteiger charge is -2.09. The number of amides is 1. The highest BCUT2D eigenvalue weighted by atomic mass is 16.1. The predicted octanol–water partition coefficient (Wildman–Crippen LogP) is 2.71. The van der Waals surface area contributed by atoms with E-state index in [1.165, 1.54) is 0 Å². The predicted molar refractivity (Wildman–Crippen MR) is 96.2 cm³/mol. The van der Waals surface area contributed by atoms with E-state index >= 15 is 0 Å². The van der Waals surface area contributed by atoms with Crippen LogP contribution in [-0.2, 0) is 12.8 Å². The maximum Gasteiger partial charge on any atom is 0.251 e. The van der Waals surface area contributed by atoms with E-state index in [2.05, 4.69) is 32.4 Å². The second-order valence-corrected chi connectivity index (χ2v) is 5.83. The lowest BCUT2D eigenvalue weighted by Crippen LogP contribution is -2.25. The lowest BCUT2D eigenvalue weighted by atomic mass is 10.0. The van der Waals surface area contributed by atoms with E-state index < -0.39 is 0 Å². The summed E-state index contributed by atoms with van der Waals surface area (Å²) in [4.78, 5) is 21.0. The van der Waals surface area contributed by atoms with Gasteiger partial charge in [0.1, 0.15) is 5.82 Å². The number of carbonyl (C=O) groups excluding carboxylic acids is 1. The van der Waals surface area contributed by atoms with Gasteiger partial charge in [0.2, 0.25) is 0 Å². The molecular weight excluding hydrogens is 314 g/mol. The normalized spacial score (nSPS) is 10.6. The van der Waals surface area contributed by atoms with Gasteiger partial charge in [-0.25, -0.2) is 9.97 Å². The van der Waals surface area contributed by atoms with E-state index in [1.807, 2.05) is 43.6 Å². The van der Waals surface area contributed by atoms with Crippen LogP contribution in [0.1, 0.15) is 34.2 Å². The first-order valence-electron chi connectivity index (χ1n) is 8.36. The van der Waals surface area contributed by atoms with Crippen molar-refractivity contribution in [3.05, 3.63) is 65.4 Å². The molecule has 128 valence electrons. The molecule has 6 heteroatoms. The Morgan fingerprint density at radius 3 is 2.68 bits per heavy atom. The van der Waals surface area contributed by atoms with Gasteiger partial charge in [-0.3, -0.25) is 9.89 Å². The number of rotatable bonds is 6. The largest absolute Gasteiger partial charge is 0.352 e. The zero-order chi connectivity index (χ0) is 17.6. The number of benzene rings is 1. The van der Waals surface area contributed by atoms with Gasteiger partial charge in [-0.2, -0.15) is 5.10 Å². The Kier molecular flexibility index (Phi) is 5.18. The molecule has 0 aliphatic carbocycles. The van der Waals surface area contributed by atoms with Crippen LogP contribution in [0.25, 0.3) is 11.3 Å². The van der Waals surface area contributed by atoms with E-state index in [-0.39, 0.29) is 5.91 Å². The molecule has 0 spiro atoms. The number of aryl methyl sites for hydroxylation is 2. The first kappa shape index (κ1) is 16.8. The van der Waals surface area contributed by atoms with Gasteiger partial charge in [0, 0.05) is 30.1 Å². The van der Waals surface area contributed by atoms with Crippen LogP contribution >= 0.6 is 0 Å². The first-order chi connectivity index (χ1) is 12.2. The van der Waals surface area contributed by atoms with Crippen molar-refractivity contribution in [3.63, 3.8) is 0 Å². The summed E-state index contributed by atoms with van der Waals surface area (Å²) < 4.78 is 0. The maximum absolute atomic E-state index is 12.2. The second kappa shape index (κ2) is 7.70. The number of hydrogen-bond acceptors (Lipinski definition) is 4. The van der Waals surface area contributed by atoms with Crippen LogP contribution in [0.15, 0.2) is 42.9 Å². The molecule has 6 nitrogen and oxygen atoms in total. The van der Waals surface area contributed by atoms with Crippen LogP contribution in [0.3, 0.4) is 0 Å². The van der Waals surface area contributed by atoms with E-state index in [0.717, 1.165) is 41.1 Å². The molecule has 25 heavy (non-hydrogen) atoms. The summed E-state index contributed by atoms with van der Waals surface area (Å²) in [5, 5.41) is 9.57. The highest BCUT2D eigenvalue weighted by Gasteiger charge is 2.09. The molecule has 0 aliphatic heterocycles. The molecule has 1 amide bonds. The van der Waals surface area contributed by atoms with E-state index in [1.54, 1.807) is 6.20 Å². The summed E-state index contributed by atoms with van der Waals surface area (Å²) in [6.45, 7) is 4.54. The number of hydrogen-bond donors (Lipinski definition) is 2. The van der Waals surface area contributed by atoms with Crippen LogP contribution in [-0.4, -0.2) is 32.6 Å². The number of nitrogens with one attached hydrogen (secondary N) is 2. The highest BCUT2D eigenvalue weighted by Crippen LogP contribution is 2.22. The van der Waals surface area contributed by atoms with Gasteiger partial charge in [-0.15, -0.1) is 0 Å². The van der Waals surface area contributed by atoms with Crippen LogP contribution in [0.5, 0.6) is 0 Å². The highest BCUT2D eigenvalue weighted by molar-refractivity contribution is 5.94. The van der Waals surface area contributed by atoms with Crippen LogP contribution in [0.2, 0.25) is 0 Å². The van der Waals surface area contributed by atoms with Crippen molar-refractivity contribution < 1.29 is 4.79 Å². The van der Waals surface area contributed by atoms with Gasteiger partial charge >= 0.3 is 0 Å². The van der Waals surface area contributed by atoms with Crippen molar-refractivity contribution in [2.45, 2.75) is 26.7 Å². The lowest BCUT2D eigenvalue weighted by molar-refractivity contribution is 0.0954. The Hall–Kier alpha value is -3.02. The third-order valence-corrected chi connectivity index (χ3v) is 4.04. The Balaban J connectivity index is 1.67. The fourth-order valence-corrected chi connectivity index (χ4v) is 2.62. The minimum Gasteiger partial charge on any atom is -0.352 e. The summed E-state index contributed by atoms with van der Waals surface area (Å²) in [5.74, 6) is 0.665. The van der Waals surface area contributed by atoms with Gasteiger partial charge in [-0.05, 0) is 43.0 Å². The van der Waals surface area contributed by atoms with Gasteiger partial charge in [-0.1, -0.05) is 19.1 Å². The minimum atomic E-state index is -0.0790. The summed E-state index contributed by atoms with van der Waals surface area (Å²) in [5.41, 5.74) is 4.74. The Morgan fingerprint density at radius 2 is 2.00 bits per heavy atom. The van der Waals surface area contributed by atoms with Crippen molar-refractivity contribution >= 4 is 5.91 Å².